The predicted octanol–water partition coefficient (Wildman–Crippen LogP) is 7.20. The van der Waals surface area contributed by atoms with Gasteiger partial charge in [0.1, 0.15) is 0 Å². The quantitative estimate of drug-likeness (QED) is 0.158. The highest BCUT2D eigenvalue weighted by Crippen LogP contribution is 2.30. The Labute approximate surface area is 246 Å². The second-order valence-electron chi connectivity index (χ2n) is 9.03. The maximum atomic E-state index is 12.2. The number of esters is 1. The first kappa shape index (κ1) is 30.0. The van der Waals surface area contributed by atoms with Gasteiger partial charge in [0.25, 0.3) is 0 Å². The highest BCUT2D eigenvalue weighted by Gasteiger charge is 2.11. The minimum atomic E-state index is -0.358. The van der Waals surface area contributed by atoms with E-state index in [1.165, 1.54) is 0 Å². The molecule has 0 fully saturated rings. The summed E-state index contributed by atoms with van der Waals surface area (Å²) in [7, 11) is 3.25. The molecule has 1 heterocycles. The normalized spacial score (nSPS) is 11.2. The summed E-state index contributed by atoms with van der Waals surface area (Å²) in [5.74, 6) is 2.37. The van der Waals surface area contributed by atoms with Gasteiger partial charge in [0, 0.05) is 0 Å². The van der Waals surface area contributed by atoms with Crippen molar-refractivity contribution in [3.8, 4) is 28.7 Å². The van der Waals surface area contributed by atoms with Gasteiger partial charge in [0.05, 0.1) is 56.7 Å². The van der Waals surface area contributed by atoms with Gasteiger partial charge in [-0.3, -0.25) is 0 Å². The third-order valence-electron chi connectivity index (χ3n) is 6.25. The summed E-state index contributed by atoms with van der Waals surface area (Å²) in [6, 6.07) is 20.7. The van der Waals surface area contributed by atoms with Crippen LogP contribution in [0.5, 0.6) is 23.0 Å². The van der Waals surface area contributed by atoms with Gasteiger partial charge >= 0.3 is 5.97 Å². The molecule has 0 bridgehead atoms. The lowest BCUT2D eigenvalue weighted by Crippen LogP contribution is -2.05. The number of carbonyl (C=O) groups excluding carboxylic acids is 1. The van der Waals surface area contributed by atoms with E-state index in [4.69, 9.17) is 28.8 Å². The number of hydrogen-bond donors (Lipinski definition) is 0. The molecule has 0 aliphatic heterocycles. The molecule has 8 nitrogen and oxygen atoms in total. The molecular weight excluding hydrogens is 532 g/mol. The van der Waals surface area contributed by atoms with E-state index in [0.29, 0.717) is 48.4 Å². The molecule has 0 radical (unpaired) electrons. The van der Waals surface area contributed by atoms with Crippen LogP contribution in [-0.2, 0) is 4.74 Å². The lowest BCUT2D eigenvalue weighted by molar-refractivity contribution is 0.0526. The van der Waals surface area contributed by atoms with Gasteiger partial charge in [-0.2, -0.15) is 5.10 Å². The molecule has 0 saturated heterocycles. The minimum Gasteiger partial charge on any atom is -0.493 e. The predicted molar refractivity (Wildman–Crippen MR) is 166 cm³/mol. The summed E-state index contributed by atoms with van der Waals surface area (Å²) in [6.07, 6.45) is 7.89. The average molecular weight is 569 g/mol. The van der Waals surface area contributed by atoms with E-state index in [9.17, 15) is 4.79 Å². The molecule has 0 unspecified atom stereocenters. The van der Waals surface area contributed by atoms with Crippen molar-refractivity contribution in [2.45, 2.75) is 20.8 Å². The Balaban J connectivity index is 1.68. The van der Waals surface area contributed by atoms with Gasteiger partial charge in [-0.1, -0.05) is 24.3 Å². The van der Waals surface area contributed by atoms with Crippen molar-refractivity contribution >= 4 is 30.3 Å². The van der Waals surface area contributed by atoms with Crippen molar-refractivity contribution < 1.29 is 28.5 Å². The smallest absolute Gasteiger partial charge is 0.338 e. The lowest BCUT2D eigenvalue weighted by Gasteiger charge is -2.09. The van der Waals surface area contributed by atoms with E-state index in [-0.39, 0.29) is 5.97 Å². The van der Waals surface area contributed by atoms with Crippen LogP contribution in [0.4, 0.5) is 0 Å². The van der Waals surface area contributed by atoms with E-state index in [1.807, 2.05) is 97.4 Å². The topological polar surface area (TPSA) is 81.0 Å². The molecule has 0 amide bonds. The molecule has 4 aromatic rings. The second kappa shape index (κ2) is 14.6. The van der Waals surface area contributed by atoms with Crippen molar-refractivity contribution in [1.82, 2.24) is 9.78 Å². The first-order chi connectivity index (χ1) is 20.5. The number of methoxy groups -OCH3 is 2. The van der Waals surface area contributed by atoms with Crippen LogP contribution >= 0.6 is 0 Å². The van der Waals surface area contributed by atoms with E-state index < -0.39 is 0 Å². The Morgan fingerprint density at radius 1 is 0.690 bits per heavy atom. The maximum absolute atomic E-state index is 12.2. The SMILES string of the molecule is CCOC(=O)c1ccc(-n2nc(/C=C/c3ccc(OCC)c(OC)c3)cc2/C=C/c2ccc(OCC)c(OC)c2)cc1. The molecule has 0 saturated carbocycles. The van der Waals surface area contributed by atoms with E-state index >= 15 is 0 Å². The minimum absolute atomic E-state index is 0.320. The number of rotatable bonds is 13. The molecule has 1 aromatic heterocycles. The summed E-state index contributed by atoms with van der Waals surface area (Å²) >= 11 is 0. The molecule has 42 heavy (non-hydrogen) atoms. The summed E-state index contributed by atoms with van der Waals surface area (Å²) in [5.41, 5.74) is 4.77. The van der Waals surface area contributed by atoms with Crippen LogP contribution in [0.15, 0.2) is 66.7 Å². The fraction of sp³-hybridized carbons (Fsp3) is 0.235. The highest BCUT2D eigenvalue weighted by molar-refractivity contribution is 5.89. The van der Waals surface area contributed by atoms with Crippen molar-refractivity contribution in [2.24, 2.45) is 0 Å². The summed E-state index contributed by atoms with van der Waals surface area (Å²) in [4.78, 5) is 12.2. The van der Waals surface area contributed by atoms with Crippen molar-refractivity contribution in [3.63, 3.8) is 0 Å². The molecule has 8 heteroatoms. The zero-order valence-corrected chi connectivity index (χ0v) is 24.6. The van der Waals surface area contributed by atoms with Gasteiger partial charge in [-0.05, 0) is 98.6 Å². The lowest BCUT2D eigenvalue weighted by atomic mass is 10.1. The van der Waals surface area contributed by atoms with Crippen LogP contribution in [-0.4, -0.2) is 49.8 Å². The average Bonchev–Trinajstić information content (AvgIpc) is 3.43. The molecule has 0 N–H and O–H groups in total. The van der Waals surface area contributed by atoms with Crippen LogP contribution in [0.3, 0.4) is 0 Å². The van der Waals surface area contributed by atoms with Crippen LogP contribution in [0.1, 0.15) is 53.6 Å². The number of benzene rings is 3. The number of nitrogens with zero attached hydrogens (tertiary/aromatic N) is 2. The van der Waals surface area contributed by atoms with Crippen molar-refractivity contribution in [2.75, 3.05) is 34.0 Å². The molecule has 4 rings (SSSR count). The van der Waals surface area contributed by atoms with Gasteiger partial charge in [-0.15, -0.1) is 0 Å². The number of ether oxygens (including phenoxy) is 5. The van der Waals surface area contributed by atoms with E-state index in [0.717, 1.165) is 28.2 Å². The molecule has 218 valence electrons. The van der Waals surface area contributed by atoms with Gasteiger partial charge < -0.3 is 23.7 Å². The third-order valence-corrected chi connectivity index (χ3v) is 6.25. The fourth-order valence-electron chi connectivity index (χ4n) is 4.26. The summed E-state index contributed by atoms with van der Waals surface area (Å²) in [5, 5.41) is 4.84. The highest BCUT2D eigenvalue weighted by atomic mass is 16.5. The fourth-order valence-corrected chi connectivity index (χ4v) is 4.26. The Kier molecular flexibility index (Phi) is 10.4. The maximum Gasteiger partial charge on any atom is 0.338 e. The van der Waals surface area contributed by atoms with Gasteiger partial charge in [0.15, 0.2) is 23.0 Å². The van der Waals surface area contributed by atoms with E-state index in [1.54, 1.807) is 33.3 Å². The van der Waals surface area contributed by atoms with Crippen LogP contribution in [0.25, 0.3) is 30.0 Å². The second-order valence-corrected chi connectivity index (χ2v) is 9.03. The van der Waals surface area contributed by atoms with Crippen LogP contribution < -0.4 is 18.9 Å². The molecule has 0 aliphatic rings. The standard InChI is InChI=1S/C34H36N2O6/c1-6-40-30-19-11-24(21-32(30)38-4)9-15-27-23-29(16-10-25-12-20-31(41-7-2)33(22-25)39-5)36(35-27)28-17-13-26(14-18-28)34(37)42-8-3/h9-23H,6-8H2,1-5H3/b15-9+,16-10+. The molecule has 0 aliphatic carbocycles. The number of aromatic nitrogens is 2. The Bertz CT molecular complexity index is 1550. The largest absolute Gasteiger partial charge is 0.493 e. The summed E-state index contributed by atoms with van der Waals surface area (Å²) in [6.45, 7) is 7.09. The number of carbonyl (C=O) groups is 1. The number of hydrogen-bond acceptors (Lipinski definition) is 7. The first-order valence-corrected chi connectivity index (χ1v) is 13.8. The van der Waals surface area contributed by atoms with E-state index in [2.05, 4.69) is 0 Å². The Morgan fingerprint density at radius 2 is 1.26 bits per heavy atom. The first-order valence-electron chi connectivity index (χ1n) is 13.8. The Morgan fingerprint density at radius 3 is 1.79 bits per heavy atom. The van der Waals surface area contributed by atoms with Crippen molar-refractivity contribution in [1.29, 1.82) is 0 Å². The van der Waals surface area contributed by atoms with Gasteiger partial charge in [0.2, 0.25) is 0 Å². The third kappa shape index (κ3) is 7.40. The van der Waals surface area contributed by atoms with Gasteiger partial charge in [-0.25, -0.2) is 9.48 Å². The van der Waals surface area contributed by atoms with Crippen LogP contribution in [0.2, 0.25) is 0 Å². The molecule has 3 aromatic carbocycles. The van der Waals surface area contributed by atoms with Crippen LogP contribution in [0, 0.1) is 0 Å². The molecule has 0 spiro atoms. The molecular formula is C34H36N2O6. The zero-order valence-electron chi connectivity index (χ0n) is 24.6. The molecule has 0 atom stereocenters. The van der Waals surface area contributed by atoms with Crippen molar-refractivity contribution in [3.05, 3.63) is 94.8 Å². The Hall–Kier alpha value is -4.98. The zero-order chi connectivity index (χ0) is 29.9. The summed E-state index contributed by atoms with van der Waals surface area (Å²) < 4.78 is 29.2. The monoisotopic (exact) mass is 568 g/mol.